The number of benzene rings is 2. The number of fused-ring (bicyclic) bond motifs is 3. The van der Waals surface area contributed by atoms with Crippen LogP contribution in [0.4, 0.5) is 11.5 Å². The Bertz CT molecular complexity index is 1130. The standard InChI is InChI=1S/C21H20ClN5/c1-14-6-7-15(22)12-18(14)26-8-10-27(11-9-26)21-20-19(23-13-24-21)16-4-2-3-5-17(16)25-20/h2-7,12-13,25H,8-11H2,1H3. The molecule has 0 unspecified atom stereocenters. The number of halogens is 1. The van der Waals surface area contributed by atoms with Crippen LogP contribution in [0.2, 0.25) is 5.02 Å². The number of piperazine rings is 1. The number of anilines is 2. The van der Waals surface area contributed by atoms with Gasteiger partial charge in [-0.15, -0.1) is 0 Å². The molecule has 3 heterocycles. The molecule has 27 heavy (non-hydrogen) atoms. The molecule has 2 aromatic carbocycles. The molecule has 0 bridgehead atoms. The van der Waals surface area contributed by atoms with Gasteiger partial charge >= 0.3 is 0 Å². The van der Waals surface area contributed by atoms with Gasteiger partial charge in [0.15, 0.2) is 5.82 Å². The zero-order valence-corrected chi connectivity index (χ0v) is 15.9. The van der Waals surface area contributed by atoms with E-state index >= 15 is 0 Å². The molecular formula is C21H20ClN5. The quantitative estimate of drug-likeness (QED) is 0.562. The molecular weight excluding hydrogens is 358 g/mol. The van der Waals surface area contributed by atoms with Crippen LogP contribution >= 0.6 is 11.6 Å². The number of aryl methyl sites for hydroxylation is 1. The third kappa shape index (κ3) is 2.79. The normalized spacial score (nSPS) is 15.0. The van der Waals surface area contributed by atoms with Gasteiger partial charge in [0, 0.05) is 47.8 Å². The highest BCUT2D eigenvalue weighted by Gasteiger charge is 2.22. The average molecular weight is 378 g/mol. The minimum absolute atomic E-state index is 0.786. The van der Waals surface area contributed by atoms with Gasteiger partial charge in [-0.25, -0.2) is 9.97 Å². The fraction of sp³-hybridized carbons (Fsp3) is 0.238. The van der Waals surface area contributed by atoms with Gasteiger partial charge in [0.05, 0.1) is 0 Å². The topological polar surface area (TPSA) is 48.1 Å². The van der Waals surface area contributed by atoms with Crippen LogP contribution in [-0.4, -0.2) is 41.1 Å². The number of aromatic nitrogens is 3. The molecule has 1 fully saturated rings. The van der Waals surface area contributed by atoms with Crippen molar-refractivity contribution in [3.05, 3.63) is 59.4 Å². The molecule has 136 valence electrons. The Balaban J connectivity index is 1.45. The summed E-state index contributed by atoms with van der Waals surface area (Å²) in [4.78, 5) is 17.4. The van der Waals surface area contributed by atoms with Crippen molar-refractivity contribution >= 4 is 45.0 Å². The summed E-state index contributed by atoms with van der Waals surface area (Å²) in [7, 11) is 0. The lowest BCUT2D eigenvalue weighted by atomic mass is 10.1. The van der Waals surface area contributed by atoms with Crippen LogP contribution in [0.3, 0.4) is 0 Å². The average Bonchev–Trinajstić information content (AvgIpc) is 3.09. The van der Waals surface area contributed by atoms with Crippen molar-refractivity contribution in [2.75, 3.05) is 36.0 Å². The summed E-state index contributed by atoms with van der Waals surface area (Å²) in [6.07, 6.45) is 1.67. The Kier molecular flexibility index (Phi) is 3.90. The van der Waals surface area contributed by atoms with E-state index in [1.807, 2.05) is 18.2 Å². The predicted molar refractivity (Wildman–Crippen MR) is 112 cm³/mol. The van der Waals surface area contributed by atoms with Gasteiger partial charge in [0.2, 0.25) is 0 Å². The first kappa shape index (κ1) is 16.4. The zero-order chi connectivity index (χ0) is 18.4. The molecule has 1 N–H and O–H groups in total. The molecule has 1 aliphatic heterocycles. The highest BCUT2D eigenvalue weighted by molar-refractivity contribution is 6.30. The molecule has 0 radical (unpaired) electrons. The molecule has 2 aromatic heterocycles. The fourth-order valence-electron chi connectivity index (χ4n) is 3.95. The minimum atomic E-state index is 0.786. The number of rotatable bonds is 2. The van der Waals surface area contributed by atoms with E-state index in [0.717, 1.165) is 59.0 Å². The van der Waals surface area contributed by atoms with Gasteiger partial charge in [-0.1, -0.05) is 35.9 Å². The lowest BCUT2D eigenvalue weighted by molar-refractivity contribution is 0.647. The summed E-state index contributed by atoms with van der Waals surface area (Å²) in [6, 6.07) is 14.4. The maximum atomic E-state index is 6.21. The minimum Gasteiger partial charge on any atom is -0.368 e. The van der Waals surface area contributed by atoms with Crippen molar-refractivity contribution < 1.29 is 0 Å². The van der Waals surface area contributed by atoms with Crippen molar-refractivity contribution in [1.29, 1.82) is 0 Å². The summed E-state index contributed by atoms with van der Waals surface area (Å²) in [5.74, 6) is 0.985. The van der Waals surface area contributed by atoms with Crippen LogP contribution in [0.5, 0.6) is 0 Å². The van der Waals surface area contributed by atoms with Crippen LogP contribution in [0, 0.1) is 6.92 Å². The first-order valence-corrected chi connectivity index (χ1v) is 9.56. The highest BCUT2D eigenvalue weighted by Crippen LogP contribution is 2.31. The van der Waals surface area contributed by atoms with Gasteiger partial charge in [-0.05, 0) is 30.7 Å². The monoisotopic (exact) mass is 377 g/mol. The summed E-state index contributed by atoms with van der Waals surface area (Å²) >= 11 is 6.21. The molecule has 0 amide bonds. The summed E-state index contributed by atoms with van der Waals surface area (Å²) in [5, 5.41) is 1.93. The third-order valence-corrected chi connectivity index (χ3v) is 5.60. The number of para-hydroxylation sites is 1. The number of aromatic amines is 1. The van der Waals surface area contributed by atoms with E-state index in [2.05, 4.69) is 55.9 Å². The second kappa shape index (κ2) is 6.43. The molecule has 0 saturated carbocycles. The SMILES string of the molecule is Cc1ccc(Cl)cc1N1CCN(c2ncnc3c2[nH]c2ccccc23)CC1. The van der Waals surface area contributed by atoms with Crippen molar-refractivity contribution in [1.82, 2.24) is 15.0 Å². The van der Waals surface area contributed by atoms with Gasteiger partial charge in [-0.3, -0.25) is 0 Å². The molecule has 0 spiro atoms. The maximum absolute atomic E-state index is 6.21. The molecule has 1 saturated heterocycles. The lowest BCUT2D eigenvalue weighted by Crippen LogP contribution is -2.47. The molecule has 0 atom stereocenters. The smallest absolute Gasteiger partial charge is 0.156 e. The molecule has 5 rings (SSSR count). The van der Waals surface area contributed by atoms with Crippen molar-refractivity contribution in [3.8, 4) is 0 Å². The number of H-pyrrole nitrogens is 1. The first-order valence-electron chi connectivity index (χ1n) is 9.18. The van der Waals surface area contributed by atoms with Crippen LogP contribution in [0.25, 0.3) is 21.9 Å². The third-order valence-electron chi connectivity index (χ3n) is 5.36. The summed E-state index contributed by atoms with van der Waals surface area (Å²) in [5.41, 5.74) is 5.59. The largest absolute Gasteiger partial charge is 0.368 e. The van der Waals surface area contributed by atoms with Crippen LogP contribution < -0.4 is 9.80 Å². The predicted octanol–water partition coefficient (Wildman–Crippen LogP) is 4.40. The number of nitrogens with one attached hydrogen (secondary N) is 1. The van der Waals surface area contributed by atoms with Crippen molar-refractivity contribution in [2.45, 2.75) is 6.92 Å². The van der Waals surface area contributed by atoms with Crippen molar-refractivity contribution in [3.63, 3.8) is 0 Å². The molecule has 0 aliphatic carbocycles. The molecule has 5 nitrogen and oxygen atoms in total. The van der Waals surface area contributed by atoms with Gasteiger partial charge in [0.1, 0.15) is 17.4 Å². The molecule has 6 heteroatoms. The number of hydrogen-bond donors (Lipinski definition) is 1. The Morgan fingerprint density at radius 3 is 2.59 bits per heavy atom. The number of hydrogen-bond acceptors (Lipinski definition) is 4. The van der Waals surface area contributed by atoms with Crippen LogP contribution in [0.1, 0.15) is 5.56 Å². The zero-order valence-electron chi connectivity index (χ0n) is 15.1. The number of nitrogens with zero attached hydrogens (tertiary/aromatic N) is 4. The second-order valence-corrected chi connectivity index (χ2v) is 7.43. The second-order valence-electron chi connectivity index (χ2n) is 7.00. The van der Waals surface area contributed by atoms with E-state index in [9.17, 15) is 0 Å². The lowest BCUT2D eigenvalue weighted by Gasteiger charge is -2.37. The van der Waals surface area contributed by atoms with Crippen LogP contribution in [0.15, 0.2) is 48.8 Å². The van der Waals surface area contributed by atoms with E-state index in [4.69, 9.17) is 11.6 Å². The molecule has 4 aromatic rings. The van der Waals surface area contributed by atoms with E-state index in [1.165, 1.54) is 11.3 Å². The highest BCUT2D eigenvalue weighted by atomic mass is 35.5. The fourth-order valence-corrected chi connectivity index (χ4v) is 4.12. The summed E-state index contributed by atoms with van der Waals surface area (Å²) < 4.78 is 0. The summed E-state index contributed by atoms with van der Waals surface area (Å²) in [6.45, 7) is 5.83. The van der Waals surface area contributed by atoms with E-state index in [0.29, 0.717) is 0 Å². The molecule has 1 aliphatic rings. The van der Waals surface area contributed by atoms with Crippen molar-refractivity contribution in [2.24, 2.45) is 0 Å². The Labute approximate surface area is 162 Å². The Morgan fingerprint density at radius 1 is 0.963 bits per heavy atom. The van der Waals surface area contributed by atoms with Crippen LogP contribution in [-0.2, 0) is 0 Å². The Morgan fingerprint density at radius 2 is 1.74 bits per heavy atom. The maximum Gasteiger partial charge on any atom is 0.156 e. The van der Waals surface area contributed by atoms with Gasteiger partial charge in [0.25, 0.3) is 0 Å². The van der Waals surface area contributed by atoms with Gasteiger partial charge < -0.3 is 14.8 Å². The van der Waals surface area contributed by atoms with E-state index in [-0.39, 0.29) is 0 Å². The van der Waals surface area contributed by atoms with E-state index in [1.54, 1.807) is 6.33 Å². The first-order chi connectivity index (χ1) is 13.2. The van der Waals surface area contributed by atoms with E-state index < -0.39 is 0 Å². The van der Waals surface area contributed by atoms with Gasteiger partial charge in [-0.2, -0.15) is 0 Å². The Hall–Kier alpha value is -2.79.